The molecule has 1 atom stereocenters. The molecule has 24 heavy (non-hydrogen) atoms. The van der Waals surface area contributed by atoms with Gasteiger partial charge in [-0.05, 0) is 19.9 Å². The van der Waals surface area contributed by atoms with E-state index in [-0.39, 0.29) is 23.4 Å². The lowest BCUT2D eigenvalue weighted by Gasteiger charge is -2.25. The lowest BCUT2D eigenvalue weighted by atomic mass is 10.2. The van der Waals surface area contributed by atoms with Crippen LogP contribution in [0.5, 0.6) is 0 Å². The van der Waals surface area contributed by atoms with Crippen molar-refractivity contribution in [2.24, 2.45) is 0 Å². The predicted octanol–water partition coefficient (Wildman–Crippen LogP) is 2.79. The summed E-state index contributed by atoms with van der Waals surface area (Å²) in [6.45, 7) is 4.15. The SMILES string of the molecule is Cc1ncn(CC(=O)N2CCSC2c2ccccc2Cl)c(=O)c1C. The number of benzene rings is 1. The van der Waals surface area contributed by atoms with Gasteiger partial charge in [0.2, 0.25) is 5.91 Å². The zero-order chi connectivity index (χ0) is 17.3. The Morgan fingerprint density at radius 3 is 2.88 bits per heavy atom. The maximum absolute atomic E-state index is 12.7. The van der Waals surface area contributed by atoms with E-state index >= 15 is 0 Å². The molecule has 1 aromatic heterocycles. The summed E-state index contributed by atoms with van der Waals surface area (Å²) < 4.78 is 1.37. The molecule has 1 unspecified atom stereocenters. The summed E-state index contributed by atoms with van der Waals surface area (Å²) in [5, 5.41) is 0.543. The Morgan fingerprint density at radius 2 is 2.12 bits per heavy atom. The molecule has 3 rings (SSSR count). The smallest absolute Gasteiger partial charge is 0.256 e. The molecule has 2 aromatic rings. The average molecular weight is 364 g/mol. The van der Waals surface area contributed by atoms with E-state index in [9.17, 15) is 9.59 Å². The van der Waals surface area contributed by atoms with Gasteiger partial charge in [0.25, 0.3) is 5.56 Å². The van der Waals surface area contributed by atoms with Crippen molar-refractivity contribution in [3.8, 4) is 0 Å². The fourth-order valence-corrected chi connectivity index (χ4v) is 4.30. The van der Waals surface area contributed by atoms with Gasteiger partial charge >= 0.3 is 0 Å². The Bertz CT molecular complexity index is 837. The number of nitrogens with zero attached hydrogens (tertiary/aromatic N) is 3. The molecule has 1 aromatic carbocycles. The summed E-state index contributed by atoms with van der Waals surface area (Å²) in [4.78, 5) is 31.0. The third kappa shape index (κ3) is 3.21. The summed E-state index contributed by atoms with van der Waals surface area (Å²) in [7, 11) is 0. The molecule has 0 N–H and O–H groups in total. The summed E-state index contributed by atoms with van der Waals surface area (Å²) >= 11 is 7.97. The summed E-state index contributed by atoms with van der Waals surface area (Å²) in [5.41, 5.74) is 2.02. The van der Waals surface area contributed by atoms with Gasteiger partial charge in [-0.25, -0.2) is 4.98 Å². The molecule has 5 nitrogen and oxygen atoms in total. The summed E-state index contributed by atoms with van der Waals surface area (Å²) in [6, 6.07) is 7.56. The molecule has 0 spiro atoms. The van der Waals surface area contributed by atoms with Gasteiger partial charge in [-0.3, -0.25) is 14.2 Å². The van der Waals surface area contributed by atoms with Crippen LogP contribution in [0.1, 0.15) is 22.2 Å². The summed E-state index contributed by atoms with van der Waals surface area (Å²) in [6.07, 6.45) is 1.44. The Kier molecular flexibility index (Phi) is 4.96. The Morgan fingerprint density at radius 1 is 1.38 bits per heavy atom. The highest BCUT2D eigenvalue weighted by atomic mass is 35.5. The van der Waals surface area contributed by atoms with Crippen molar-refractivity contribution in [3.05, 3.63) is 62.8 Å². The molecule has 1 fully saturated rings. The number of amides is 1. The van der Waals surface area contributed by atoms with Crippen molar-refractivity contribution in [3.63, 3.8) is 0 Å². The number of hydrogen-bond donors (Lipinski definition) is 0. The van der Waals surface area contributed by atoms with Crippen LogP contribution in [-0.4, -0.2) is 32.7 Å². The lowest BCUT2D eigenvalue weighted by molar-refractivity contribution is -0.132. The molecule has 0 saturated carbocycles. The molecule has 126 valence electrons. The van der Waals surface area contributed by atoms with E-state index in [2.05, 4.69) is 4.98 Å². The van der Waals surface area contributed by atoms with E-state index in [1.165, 1.54) is 10.9 Å². The quantitative estimate of drug-likeness (QED) is 0.841. The van der Waals surface area contributed by atoms with Crippen LogP contribution in [0, 0.1) is 13.8 Å². The molecular weight excluding hydrogens is 346 g/mol. The van der Waals surface area contributed by atoms with Crippen molar-refractivity contribution in [2.75, 3.05) is 12.3 Å². The van der Waals surface area contributed by atoms with E-state index in [1.54, 1.807) is 30.5 Å². The average Bonchev–Trinajstić information content (AvgIpc) is 3.05. The first kappa shape index (κ1) is 17.0. The van der Waals surface area contributed by atoms with Crippen molar-refractivity contribution in [2.45, 2.75) is 25.8 Å². The minimum Gasteiger partial charge on any atom is -0.324 e. The second-order valence-corrected chi connectivity index (χ2v) is 7.32. The van der Waals surface area contributed by atoms with Crippen molar-refractivity contribution < 1.29 is 4.79 Å². The number of carbonyl (C=O) groups is 1. The second kappa shape index (κ2) is 6.99. The first-order valence-corrected chi connectivity index (χ1v) is 9.10. The van der Waals surface area contributed by atoms with Gasteiger partial charge in [-0.15, -0.1) is 11.8 Å². The minimum atomic E-state index is -0.169. The van der Waals surface area contributed by atoms with E-state index in [0.29, 0.717) is 22.8 Å². The molecule has 0 bridgehead atoms. The van der Waals surface area contributed by atoms with Crippen LogP contribution in [0.15, 0.2) is 35.4 Å². The number of carbonyl (C=O) groups excluding carboxylic acids is 1. The third-order valence-corrected chi connectivity index (χ3v) is 5.79. The van der Waals surface area contributed by atoms with Gasteiger partial charge < -0.3 is 4.90 Å². The summed E-state index contributed by atoms with van der Waals surface area (Å²) in [5.74, 6) is 0.749. The number of aryl methyl sites for hydroxylation is 1. The number of hydrogen-bond acceptors (Lipinski definition) is 4. The van der Waals surface area contributed by atoms with Crippen LogP contribution in [-0.2, 0) is 11.3 Å². The van der Waals surface area contributed by atoms with Crippen LogP contribution in [0.2, 0.25) is 5.02 Å². The fourth-order valence-electron chi connectivity index (χ4n) is 2.68. The second-order valence-electron chi connectivity index (χ2n) is 5.72. The lowest BCUT2D eigenvalue weighted by Crippen LogP contribution is -2.36. The van der Waals surface area contributed by atoms with Gasteiger partial charge in [0.15, 0.2) is 0 Å². The van der Waals surface area contributed by atoms with Gasteiger partial charge in [-0.1, -0.05) is 29.8 Å². The molecule has 7 heteroatoms. The zero-order valence-electron chi connectivity index (χ0n) is 13.5. The van der Waals surface area contributed by atoms with Crippen molar-refractivity contribution in [1.29, 1.82) is 0 Å². The maximum Gasteiger partial charge on any atom is 0.256 e. The minimum absolute atomic E-state index is 0.00549. The predicted molar refractivity (Wildman–Crippen MR) is 96.3 cm³/mol. The Balaban J connectivity index is 1.83. The zero-order valence-corrected chi connectivity index (χ0v) is 15.1. The van der Waals surface area contributed by atoms with E-state index in [0.717, 1.165) is 11.3 Å². The highest BCUT2D eigenvalue weighted by Gasteiger charge is 2.31. The fraction of sp³-hybridized carbons (Fsp3) is 0.353. The molecule has 1 saturated heterocycles. The third-order valence-electron chi connectivity index (χ3n) is 4.20. The standard InChI is InChI=1S/C17H18ClN3O2S/c1-11-12(2)19-10-20(16(11)23)9-15(22)21-7-8-24-17(21)13-5-3-4-6-14(13)18/h3-6,10,17H,7-9H2,1-2H3. The van der Waals surface area contributed by atoms with Crippen molar-refractivity contribution in [1.82, 2.24) is 14.5 Å². The van der Waals surface area contributed by atoms with E-state index < -0.39 is 0 Å². The van der Waals surface area contributed by atoms with Crippen LogP contribution >= 0.6 is 23.4 Å². The van der Waals surface area contributed by atoms with Crippen LogP contribution in [0.3, 0.4) is 0 Å². The normalized spacial score (nSPS) is 17.3. The monoisotopic (exact) mass is 363 g/mol. The first-order chi connectivity index (χ1) is 11.5. The number of halogens is 1. The molecular formula is C17H18ClN3O2S. The molecule has 1 aliphatic rings. The molecule has 0 aliphatic carbocycles. The number of rotatable bonds is 3. The Hall–Kier alpha value is -1.79. The van der Waals surface area contributed by atoms with Gasteiger partial charge in [0.1, 0.15) is 11.9 Å². The van der Waals surface area contributed by atoms with Gasteiger partial charge in [-0.2, -0.15) is 0 Å². The largest absolute Gasteiger partial charge is 0.324 e. The molecule has 1 amide bonds. The topological polar surface area (TPSA) is 55.2 Å². The molecule has 2 heterocycles. The molecule has 1 aliphatic heterocycles. The van der Waals surface area contributed by atoms with E-state index in [4.69, 9.17) is 11.6 Å². The maximum atomic E-state index is 12.7. The van der Waals surface area contributed by atoms with Crippen LogP contribution in [0.4, 0.5) is 0 Å². The van der Waals surface area contributed by atoms with Crippen LogP contribution in [0.25, 0.3) is 0 Å². The van der Waals surface area contributed by atoms with Gasteiger partial charge in [0, 0.05) is 34.1 Å². The first-order valence-electron chi connectivity index (χ1n) is 7.67. The number of thioether (sulfide) groups is 1. The van der Waals surface area contributed by atoms with E-state index in [1.807, 2.05) is 24.3 Å². The van der Waals surface area contributed by atoms with Crippen molar-refractivity contribution >= 4 is 29.3 Å². The highest BCUT2D eigenvalue weighted by Crippen LogP contribution is 2.40. The highest BCUT2D eigenvalue weighted by molar-refractivity contribution is 7.99. The van der Waals surface area contributed by atoms with Gasteiger partial charge in [0.05, 0.1) is 6.33 Å². The molecule has 0 radical (unpaired) electrons. The van der Waals surface area contributed by atoms with Crippen LogP contribution < -0.4 is 5.56 Å². The Labute approximate surface area is 149 Å². The number of aromatic nitrogens is 2.